The van der Waals surface area contributed by atoms with Gasteiger partial charge in [-0.2, -0.15) is 0 Å². The van der Waals surface area contributed by atoms with Crippen LogP contribution in [0, 0.1) is 0 Å². The Kier molecular flexibility index (Phi) is 33.4. The van der Waals surface area contributed by atoms with Gasteiger partial charge in [0.25, 0.3) is 0 Å². The molecule has 0 bridgehead atoms. The van der Waals surface area contributed by atoms with E-state index >= 15 is 0 Å². The topological polar surface area (TPSA) is 176 Å². The summed E-state index contributed by atoms with van der Waals surface area (Å²) in [6, 6.07) is 0. The molecule has 41 heavy (non-hydrogen) atoms. The Labute approximate surface area is 242 Å². The van der Waals surface area contributed by atoms with Crippen molar-refractivity contribution in [3.8, 4) is 0 Å². The SMILES string of the molecule is O=C(O)CCOCCOCCOCCOCCOCCOCCOCCOCCOCCOCCOCCC(=O)O. The van der Waals surface area contributed by atoms with Crippen molar-refractivity contribution in [3.63, 3.8) is 0 Å². The number of aliphatic carboxylic acids is 2. The molecular weight excluding hydrogens is 552 g/mol. The van der Waals surface area contributed by atoms with Crippen molar-refractivity contribution < 1.29 is 71.9 Å². The van der Waals surface area contributed by atoms with Gasteiger partial charge in [-0.1, -0.05) is 0 Å². The highest BCUT2D eigenvalue weighted by molar-refractivity contribution is 5.67. The summed E-state index contributed by atoms with van der Waals surface area (Å²) in [5.41, 5.74) is 0. The zero-order valence-electron chi connectivity index (χ0n) is 24.2. The number of hydrogen-bond donors (Lipinski definition) is 2. The van der Waals surface area contributed by atoms with Gasteiger partial charge >= 0.3 is 11.9 Å². The fourth-order valence-corrected chi connectivity index (χ4v) is 2.62. The number of hydrogen-bond acceptors (Lipinski definition) is 13. The first kappa shape index (κ1) is 39.5. The fourth-order valence-electron chi connectivity index (χ4n) is 2.62. The van der Waals surface area contributed by atoms with E-state index in [1.165, 1.54) is 0 Å². The first-order chi connectivity index (χ1) is 20.1. The second-order valence-corrected chi connectivity index (χ2v) is 8.02. The summed E-state index contributed by atoms with van der Waals surface area (Å²) in [5, 5.41) is 16.9. The van der Waals surface area contributed by atoms with Crippen molar-refractivity contribution in [2.45, 2.75) is 12.8 Å². The zero-order valence-corrected chi connectivity index (χ0v) is 24.2. The molecule has 244 valence electrons. The van der Waals surface area contributed by atoms with Crippen LogP contribution >= 0.6 is 0 Å². The van der Waals surface area contributed by atoms with Crippen LogP contribution < -0.4 is 0 Å². The van der Waals surface area contributed by atoms with E-state index in [2.05, 4.69) is 0 Å². The predicted molar refractivity (Wildman–Crippen MR) is 144 cm³/mol. The fraction of sp³-hybridized carbons (Fsp3) is 0.923. The lowest BCUT2D eigenvalue weighted by atomic mass is 10.5. The monoisotopic (exact) mass is 602 g/mol. The molecule has 0 heterocycles. The standard InChI is InChI=1S/C26H50O15/c27-25(28)1-3-31-5-7-33-9-11-35-13-15-37-17-19-39-21-23-41-24-22-40-20-18-38-16-14-36-12-10-34-8-6-32-4-2-26(29)30/h1-24H2,(H,27,28)(H,29,30). The molecule has 0 amide bonds. The summed E-state index contributed by atoms with van der Waals surface area (Å²) in [4.78, 5) is 20.6. The van der Waals surface area contributed by atoms with E-state index in [0.717, 1.165) is 0 Å². The van der Waals surface area contributed by atoms with Gasteiger partial charge in [-0.05, 0) is 0 Å². The maximum absolute atomic E-state index is 10.3. The van der Waals surface area contributed by atoms with Gasteiger partial charge in [-0.3, -0.25) is 9.59 Å². The highest BCUT2D eigenvalue weighted by atomic mass is 16.6. The number of carbonyl (C=O) groups is 2. The summed E-state index contributed by atoms with van der Waals surface area (Å²) >= 11 is 0. The maximum atomic E-state index is 10.3. The molecular formula is C26H50O15. The quantitative estimate of drug-likeness (QED) is 0.0924. The molecule has 15 heteroatoms. The summed E-state index contributed by atoms with van der Waals surface area (Å²) in [6.45, 7) is 9.37. The smallest absolute Gasteiger partial charge is 0.305 e. The van der Waals surface area contributed by atoms with Crippen LogP contribution in [0.1, 0.15) is 12.8 Å². The Morgan fingerprint density at radius 1 is 0.268 bits per heavy atom. The molecule has 0 aliphatic rings. The molecule has 0 aromatic rings. The van der Waals surface area contributed by atoms with Gasteiger partial charge in [0.05, 0.1) is 158 Å². The molecule has 0 saturated heterocycles. The maximum Gasteiger partial charge on any atom is 0.305 e. The Balaban J connectivity index is 3.04. The van der Waals surface area contributed by atoms with E-state index in [9.17, 15) is 9.59 Å². The van der Waals surface area contributed by atoms with Crippen molar-refractivity contribution in [1.82, 2.24) is 0 Å². The predicted octanol–water partition coefficient (Wildman–Crippen LogP) is 0.118. The number of carboxylic acids is 2. The van der Waals surface area contributed by atoms with Gasteiger partial charge in [0.2, 0.25) is 0 Å². The third-order valence-corrected chi connectivity index (χ3v) is 4.64. The molecule has 0 aliphatic carbocycles. The molecule has 0 aromatic heterocycles. The van der Waals surface area contributed by atoms with Crippen LogP contribution in [0.15, 0.2) is 0 Å². The minimum atomic E-state index is -0.878. The van der Waals surface area contributed by atoms with Crippen LogP contribution in [0.25, 0.3) is 0 Å². The average Bonchev–Trinajstić information content (AvgIpc) is 2.94. The van der Waals surface area contributed by atoms with Crippen LogP contribution in [0.5, 0.6) is 0 Å². The highest BCUT2D eigenvalue weighted by Crippen LogP contribution is 1.88. The van der Waals surface area contributed by atoms with Gasteiger partial charge in [0, 0.05) is 0 Å². The second-order valence-electron chi connectivity index (χ2n) is 8.02. The van der Waals surface area contributed by atoms with Crippen molar-refractivity contribution in [2.24, 2.45) is 0 Å². The minimum absolute atomic E-state index is 0.00644. The molecule has 0 unspecified atom stereocenters. The normalized spacial score (nSPS) is 11.3. The van der Waals surface area contributed by atoms with Crippen molar-refractivity contribution >= 4 is 11.9 Å². The van der Waals surface area contributed by atoms with Gasteiger partial charge in [0.1, 0.15) is 0 Å². The largest absolute Gasteiger partial charge is 0.481 e. The van der Waals surface area contributed by atoms with E-state index in [-0.39, 0.29) is 26.1 Å². The summed E-state index contributed by atoms with van der Waals surface area (Å²) in [5.74, 6) is -1.76. The Morgan fingerprint density at radius 3 is 0.512 bits per heavy atom. The van der Waals surface area contributed by atoms with E-state index < -0.39 is 11.9 Å². The lowest BCUT2D eigenvalue weighted by molar-refractivity contribution is -0.139. The summed E-state index contributed by atoms with van der Waals surface area (Å²) in [6.07, 6.45) is -0.0129. The molecule has 0 rings (SSSR count). The first-order valence-electron chi connectivity index (χ1n) is 13.9. The van der Waals surface area contributed by atoms with Gasteiger partial charge in [-0.25, -0.2) is 0 Å². The molecule has 0 atom stereocenters. The summed E-state index contributed by atoms with van der Waals surface area (Å²) < 4.78 is 58.7. The van der Waals surface area contributed by atoms with Crippen molar-refractivity contribution in [1.29, 1.82) is 0 Å². The van der Waals surface area contributed by atoms with Crippen molar-refractivity contribution in [2.75, 3.05) is 145 Å². The first-order valence-corrected chi connectivity index (χ1v) is 13.9. The Bertz CT molecular complexity index is 507. The zero-order chi connectivity index (χ0) is 29.9. The van der Waals surface area contributed by atoms with E-state index in [0.29, 0.717) is 132 Å². The second kappa shape index (κ2) is 34.7. The molecule has 0 radical (unpaired) electrons. The number of carboxylic acid groups (broad SMARTS) is 2. The minimum Gasteiger partial charge on any atom is -0.481 e. The Morgan fingerprint density at radius 2 is 0.390 bits per heavy atom. The molecule has 0 aromatic carbocycles. The van der Waals surface area contributed by atoms with Crippen LogP contribution in [-0.4, -0.2) is 168 Å². The Hall–Kier alpha value is -1.50. The van der Waals surface area contributed by atoms with Crippen LogP contribution in [-0.2, 0) is 61.7 Å². The average molecular weight is 603 g/mol. The van der Waals surface area contributed by atoms with Crippen LogP contribution in [0.4, 0.5) is 0 Å². The summed E-state index contributed by atoms with van der Waals surface area (Å²) in [7, 11) is 0. The lowest BCUT2D eigenvalue weighted by Crippen LogP contribution is -2.15. The third-order valence-electron chi connectivity index (χ3n) is 4.64. The highest BCUT2D eigenvalue weighted by Gasteiger charge is 1.98. The van der Waals surface area contributed by atoms with Crippen LogP contribution in [0.3, 0.4) is 0 Å². The molecule has 15 nitrogen and oxygen atoms in total. The van der Waals surface area contributed by atoms with Crippen LogP contribution in [0.2, 0.25) is 0 Å². The third kappa shape index (κ3) is 38.5. The lowest BCUT2D eigenvalue weighted by Gasteiger charge is -2.09. The van der Waals surface area contributed by atoms with E-state index in [1.54, 1.807) is 0 Å². The van der Waals surface area contributed by atoms with Crippen molar-refractivity contribution in [3.05, 3.63) is 0 Å². The molecule has 0 aliphatic heterocycles. The van der Waals surface area contributed by atoms with Gasteiger partial charge < -0.3 is 62.3 Å². The molecule has 0 fully saturated rings. The molecule has 0 saturated carbocycles. The van der Waals surface area contributed by atoms with E-state index in [4.69, 9.17) is 62.3 Å². The molecule has 0 spiro atoms. The molecule has 2 N–H and O–H groups in total. The van der Waals surface area contributed by atoms with E-state index in [1.807, 2.05) is 0 Å². The number of ether oxygens (including phenoxy) is 11. The number of rotatable bonds is 36. The van der Waals surface area contributed by atoms with Gasteiger partial charge in [-0.15, -0.1) is 0 Å². The van der Waals surface area contributed by atoms with Gasteiger partial charge in [0.15, 0.2) is 0 Å².